The third-order valence-electron chi connectivity index (χ3n) is 8.90. The van der Waals surface area contributed by atoms with E-state index in [2.05, 4.69) is 4.98 Å². The zero-order valence-electron chi connectivity index (χ0n) is 28.7. The zero-order valence-corrected chi connectivity index (χ0v) is 28.7. The molecule has 0 amide bonds. The van der Waals surface area contributed by atoms with E-state index < -0.39 is 144 Å². The van der Waals surface area contributed by atoms with Crippen LogP contribution in [0.5, 0.6) is 0 Å². The van der Waals surface area contributed by atoms with E-state index in [9.17, 15) is 62.3 Å². The number of Topliss-reactive ketones (excluding diaryl/α,β-unsaturated/α-hetero) is 1. The highest BCUT2D eigenvalue weighted by Crippen LogP contribution is 2.30. The van der Waals surface area contributed by atoms with Gasteiger partial charge in [0.15, 0.2) is 76.0 Å². The smallest absolute Gasteiger partial charge is 0.312 e. The van der Waals surface area contributed by atoms with Crippen molar-refractivity contribution in [2.24, 2.45) is 0 Å². The molecule has 0 spiro atoms. The molecular formula is C36H11BF20N2O2. The molecule has 1 N–H and O–H groups in total. The number of aromatic amines is 1. The van der Waals surface area contributed by atoms with Gasteiger partial charge in [-0.25, -0.2) is 87.8 Å². The van der Waals surface area contributed by atoms with Crippen LogP contribution in [0, 0.1) is 116 Å². The number of nitrogens with zero attached hydrogens (tertiary/aromatic N) is 1. The first-order chi connectivity index (χ1) is 28.5. The molecule has 0 saturated carbocycles. The number of hydrogen-bond donors (Lipinski definition) is 1. The number of halogens is 20. The van der Waals surface area contributed by atoms with Crippen LogP contribution in [-0.4, -0.2) is 16.9 Å². The zero-order chi connectivity index (χ0) is 45.7. The minimum Gasteiger partial charge on any atom is -0.318 e. The fourth-order valence-corrected chi connectivity index (χ4v) is 6.30. The lowest BCUT2D eigenvalue weighted by Gasteiger charge is -2.44. The van der Waals surface area contributed by atoms with Gasteiger partial charge in [-0.1, -0.05) is 30.3 Å². The van der Waals surface area contributed by atoms with Crippen LogP contribution in [0.4, 0.5) is 87.8 Å². The van der Waals surface area contributed by atoms with E-state index in [0.717, 1.165) is 0 Å². The van der Waals surface area contributed by atoms with E-state index in [-0.39, 0.29) is 17.9 Å². The summed E-state index contributed by atoms with van der Waals surface area (Å²) in [6.45, 7) is 0.175. The van der Waals surface area contributed by atoms with Gasteiger partial charge in [0.1, 0.15) is 52.7 Å². The topological polar surface area (TPSA) is 53.8 Å². The van der Waals surface area contributed by atoms with Gasteiger partial charge in [-0.3, -0.25) is 9.59 Å². The van der Waals surface area contributed by atoms with Gasteiger partial charge in [0, 0.05) is 5.56 Å². The standard InChI is InChI=1S/C24BF20.C12H10N2O2/c26-5-1(6(27)14(35)21(42)13(5)34)25(2-7(28)15(36)22(43)16(37)8(2)29,3-9(30)17(38)23(44)18(39)10(3)31)4-11(32)19(40)24(45)20(41)12(4)33;15-11(10-4-2-1-3-5-10)8-14-7-6-13-12(16)9-14/h;1-7,9H,8H2/q-1;/p+1. The number of carbonyl (C=O) groups excluding carboxylic acids is 1. The van der Waals surface area contributed by atoms with Gasteiger partial charge in [-0.15, -0.1) is 21.9 Å². The molecule has 25 heteroatoms. The highest BCUT2D eigenvalue weighted by Gasteiger charge is 2.52. The van der Waals surface area contributed by atoms with Gasteiger partial charge in [-0.05, 0) is 0 Å². The molecule has 5 aromatic carbocycles. The van der Waals surface area contributed by atoms with Crippen LogP contribution in [0.25, 0.3) is 0 Å². The van der Waals surface area contributed by atoms with Crippen LogP contribution in [0.2, 0.25) is 0 Å². The van der Waals surface area contributed by atoms with Crippen LogP contribution in [0.15, 0.2) is 53.7 Å². The molecular weight excluding hydrogens is 883 g/mol. The fourth-order valence-electron chi connectivity index (χ4n) is 6.30. The van der Waals surface area contributed by atoms with Crippen molar-refractivity contribution in [2.75, 3.05) is 0 Å². The molecule has 1 heterocycles. The average Bonchev–Trinajstić information content (AvgIpc) is 3.24. The predicted octanol–water partition coefficient (Wildman–Crippen LogP) is 6.39. The molecule has 0 aliphatic heterocycles. The lowest BCUT2D eigenvalue weighted by Crippen LogP contribution is -2.81. The summed E-state index contributed by atoms with van der Waals surface area (Å²) in [6.07, 6.45) is -2.69. The molecule has 6 aromatic rings. The highest BCUT2D eigenvalue weighted by atomic mass is 19.2. The van der Waals surface area contributed by atoms with Gasteiger partial charge >= 0.3 is 5.56 Å². The van der Waals surface area contributed by atoms with Gasteiger partial charge in [-0.2, -0.15) is 4.57 Å². The SMILES string of the molecule is Fc1c(F)c(F)c([B-](c2c(F)c(F)c(F)c(F)c2F)(c2c(F)c(F)c(F)c(F)c2F)c2c(F)c(F)c(F)c(F)c2F)c(F)c1F.O=C(C[n+]1cc[nH]c(=O)c1)c1ccccc1. The van der Waals surface area contributed by atoms with Gasteiger partial charge in [0.25, 0.3) is 0 Å². The van der Waals surface area contributed by atoms with E-state index in [1.807, 2.05) is 18.2 Å². The molecule has 6 rings (SSSR count). The molecule has 0 saturated heterocycles. The van der Waals surface area contributed by atoms with Crippen LogP contribution in [0.3, 0.4) is 0 Å². The summed E-state index contributed by atoms with van der Waals surface area (Å²) in [5.74, 6) is -71.4. The van der Waals surface area contributed by atoms with Gasteiger partial charge in [0.05, 0.1) is 6.20 Å². The van der Waals surface area contributed by atoms with E-state index >= 15 is 35.1 Å². The molecule has 0 radical (unpaired) electrons. The summed E-state index contributed by atoms with van der Waals surface area (Å²) in [4.78, 5) is 25.3. The third kappa shape index (κ3) is 7.23. The van der Waals surface area contributed by atoms with Crippen LogP contribution in [-0.2, 0) is 6.54 Å². The molecule has 0 aliphatic carbocycles. The first-order valence-corrected chi connectivity index (χ1v) is 15.9. The van der Waals surface area contributed by atoms with Gasteiger partial charge in [0.2, 0.25) is 18.5 Å². The number of benzene rings is 5. The molecule has 61 heavy (non-hydrogen) atoms. The van der Waals surface area contributed by atoms with Crippen molar-refractivity contribution in [3.8, 4) is 0 Å². The number of carbonyl (C=O) groups is 1. The second kappa shape index (κ2) is 16.8. The molecule has 0 aliphatic rings. The molecule has 0 unspecified atom stereocenters. The summed E-state index contributed by atoms with van der Waals surface area (Å²) >= 11 is 0. The summed E-state index contributed by atoms with van der Waals surface area (Å²) in [6, 6.07) is 9.01. The number of aromatic nitrogens is 2. The second-order valence-corrected chi connectivity index (χ2v) is 12.2. The van der Waals surface area contributed by atoms with Crippen LogP contribution in [0.1, 0.15) is 10.4 Å². The monoisotopic (exact) mass is 894 g/mol. The first-order valence-electron chi connectivity index (χ1n) is 15.9. The van der Waals surface area contributed by atoms with Crippen LogP contribution >= 0.6 is 0 Å². The van der Waals surface area contributed by atoms with E-state index in [1.54, 1.807) is 22.9 Å². The Morgan fingerprint density at radius 1 is 0.426 bits per heavy atom. The Labute approximate surface area is 323 Å². The quantitative estimate of drug-likeness (QED) is 0.0505. The number of H-pyrrole nitrogens is 1. The highest BCUT2D eigenvalue weighted by molar-refractivity contribution is 7.20. The number of ketones is 1. The van der Waals surface area contributed by atoms with Crippen molar-refractivity contribution >= 4 is 33.8 Å². The third-order valence-corrected chi connectivity index (χ3v) is 8.90. The Kier molecular flexibility index (Phi) is 12.5. The van der Waals surface area contributed by atoms with Crippen molar-refractivity contribution < 1.29 is 97.2 Å². The van der Waals surface area contributed by atoms with Crippen molar-refractivity contribution in [2.45, 2.75) is 6.54 Å². The van der Waals surface area contributed by atoms with Crippen molar-refractivity contribution in [3.63, 3.8) is 0 Å². The lowest BCUT2D eigenvalue weighted by molar-refractivity contribution is -0.684. The van der Waals surface area contributed by atoms with Crippen LogP contribution < -0.4 is 32.0 Å². The predicted molar refractivity (Wildman–Crippen MR) is 167 cm³/mol. The fraction of sp³-hybridized carbons (Fsp3) is 0.0278. The maximum Gasteiger partial charge on any atom is 0.312 e. The van der Waals surface area contributed by atoms with Gasteiger partial charge < -0.3 is 4.98 Å². The molecule has 0 atom stereocenters. The van der Waals surface area contributed by atoms with E-state index in [1.165, 1.54) is 12.4 Å². The van der Waals surface area contributed by atoms with E-state index in [0.29, 0.717) is 5.56 Å². The Bertz CT molecular complexity index is 2460. The second-order valence-electron chi connectivity index (χ2n) is 12.2. The largest absolute Gasteiger partial charge is 0.318 e. The summed E-state index contributed by atoms with van der Waals surface area (Å²) < 4.78 is 296. The molecule has 4 nitrogen and oxygen atoms in total. The Balaban J connectivity index is 0.000000366. The van der Waals surface area contributed by atoms with Crippen molar-refractivity contribution in [3.05, 3.63) is 181 Å². The molecule has 1 aromatic heterocycles. The molecule has 0 bridgehead atoms. The summed E-state index contributed by atoms with van der Waals surface area (Å²) in [7, 11) is 0. The minimum atomic E-state index is -7.22. The average molecular weight is 894 g/mol. The Hall–Kier alpha value is -6.69. The molecule has 320 valence electrons. The molecule has 0 fully saturated rings. The maximum atomic E-state index is 15.4. The van der Waals surface area contributed by atoms with E-state index in [4.69, 9.17) is 0 Å². The lowest BCUT2D eigenvalue weighted by atomic mass is 9.12. The van der Waals surface area contributed by atoms with Crippen molar-refractivity contribution in [1.82, 2.24) is 4.98 Å². The Morgan fingerprint density at radius 3 is 0.951 bits per heavy atom. The number of rotatable bonds is 7. The first kappa shape index (κ1) is 45.4. The van der Waals surface area contributed by atoms with Crippen molar-refractivity contribution in [1.29, 1.82) is 0 Å². The maximum absolute atomic E-state index is 15.4. The number of nitrogens with one attached hydrogen (secondary N) is 1. The minimum absolute atomic E-state index is 0.0174. The summed E-state index contributed by atoms with van der Waals surface area (Å²) in [5.41, 5.74) is -13.9. The normalized spacial score (nSPS) is 11.5. The Morgan fingerprint density at radius 2 is 0.689 bits per heavy atom. The summed E-state index contributed by atoms with van der Waals surface area (Å²) in [5, 5.41) is 0. The number of hydrogen-bond acceptors (Lipinski definition) is 2.